The Hall–Kier alpha value is -1.03. The van der Waals surface area contributed by atoms with E-state index in [1.807, 2.05) is 11.0 Å². The van der Waals surface area contributed by atoms with E-state index in [1.165, 1.54) is 18.9 Å². The third-order valence-corrected chi connectivity index (χ3v) is 4.71. The van der Waals surface area contributed by atoms with Gasteiger partial charge in [0.05, 0.1) is 11.1 Å². The number of benzene rings is 1. The van der Waals surface area contributed by atoms with E-state index in [2.05, 4.69) is 6.92 Å². The SMILES string of the molecule is CCCCCC1SCC(=O)N1Cc1ccccc1F. The van der Waals surface area contributed by atoms with Crippen LogP contribution in [0.1, 0.15) is 38.2 Å². The van der Waals surface area contributed by atoms with Gasteiger partial charge in [-0.3, -0.25) is 4.79 Å². The number of carbonyl (C=O) groups excluding carboxylic acids is 1. The summed E-state index contributed by atoms with van der Waals surface area (Å²) in [5.41, 5.74) is 0.610. The molecule has 1 aliphatic rings. The number of hydrogen-bond donors (Lipinski definition) is 0. The van der Waals surface area contributed by atoms with E-state index in [-0.39, 0.29) is 17.1 Å². The van der Waals surface area contributed by atoms with E-state index >= 15 is 0 Å². The van der Waals surface area contributed by atoms with Gasteiger partial charge < -0.3 is 4.90 Å². The summed E-state index contributed by atoms with van der Waals surface area (Å²) in [7, 11) is 0. The zero-order valence-corrected chi connectivity index (χ0v) is 12.1. The van der Waals surface area contributed by atoms with Crippen molar-refractivity contribution >= 4 is 17.7 Å². The van der Waals surface area contributed by atoms with E-state index in [0.717, 1.165) is 12.8 Å². The van der Waals surface area contributed by atoms with Crippen molar-refractivity contribution in [1.82, 2.24) is 4.90 Å². The second kappa shape index (κ2) is 6.94. The Morgan fingerprint density at radius 1 is 1.37 bits per heavy atom. The van der Waals surface area contributed by atoms with E-state index in [4.69, 9.17) is 0 Å². The van der Waals surface area contributed by atoms with E-state index < -0.39 is 0 Å². The van der Waals surface area contributed by atoms with E-state index in [0.29, 0.717) is 17.9 Å². The summed E-state index contributed by atoms with van der Waals surface area (Å²) in [4.78, 5) is 13.7. The zero-order valence-electron chi connectivity index (χ0n) is 11.3. The molecule has 2 nitrogen and oxygen atoms in total. The van der Waals surface area contributed by atoms with Gasteiger partial charge in [0.15, 0.2) is 0 Å². The van der Waals surface area contributed by atoms with Gasteiger partial charge in [0.25, 0.3) is 0 Å². The van der Waals surface area contributed by atoms with Crippen LogP contribution in [0.25, 0.3) is 0 Å². The first-order chi connectivity index (χ1) is 9.22. The number of amides is 1. The molecule has 4 heteroatoms. The monoisotopic (exact) mass is 281 g/mol. The Labute approximate surface area is 118 Å². The average Bonchev–Trinajstić information content (AvgIpc) is 2.74. The predicted octanol–water partition coefficient (Wildman–Crippen LogP) is 3.81. The van der Waals surface area contributed by atoms with Gasteiger partial charge in [0.1, 0.15) is 5.82 Å². The number of nitrogens with zero attached hydrogens (tertiary/aromatic N) is 1. The minimum Gasteiger partial charge on any atom is -0.326 e. The van der Waals surface area contributed by atoms with Crippen LogP contribution in [0.15, 0.2) is 24.3 Å². The highest BCUT2D eigenvalue weighted by atomic mass is 32.2. The van der Waals surface area contributed by atoms with Crippen LogP contribution in [0.5, 0.6) is 0 Å². The molecule has 0 spiro atoms. The van der Waals surface area contributed by atoms with Crippen molar-refractivity contribution in [1.29, 1.82) is 0 Å². The van der Waals surface area contributed by atoms with Gasteiger partial charge in [0, 0.05) is 12.1 Å². The van der Waals surface area contributed by atoms with Crippen LogP contribution in [0.3, 0.4) is 0 Å². The van der Waals surface area contributed by atoms with Gasteiger partial charge in [-0.2, -0.15) is 0 Å². The van der Waals surface area contributed by atoms with Gasteiger partial charge in [-0.05, 0) is 12.5 Å². The number of halogens is 1. The summed E-state index contributed by atoms with van der Waals surface area (Å²) in [5, 5.41) is 0.221. The van der Waals surface area contributed by atoms with Crippen LogP contribution in [0.2, 0.25) is 0 Å². The Balaban J connectivity index is 1.99. The minimum absolute atomic E-state index is 0.134. The molecule has 1 atom stereocenters. The van der Waals surface area contributed by atoms with Crippen molar-refractivity contribution in [3.05, 3.63) is 35.6 Å². The summed E-state index contributed by atoms with van der Waals surface area (Å²) >= 11 is 1.69. The lowest BCUT2D eigenvalue weighted by atomic mass is 10.1. The Kier molecular flexibility index (Phi) is 5.25. The molecule has 1 amide bonds. The molecular formula is C15H20FNOS. The highest BCUT2D eigenvalue weighted by molar-refractivity contribution is 8.00. The Bertz CT molecular complexity index is 438. The average molecular weight is 281 g/mol. The molecule has 19 heavy (non-hydrogen) atoms. The van der Waals surface area contributed by atoms with Crippen molar-refractivity contribution in [3.8, 4) is 0 Å². The smallest absolute Gasteiger partial charge is 0.233 e. The summed E-state index contributed by atoms with van der Waals surface area (Å²) in [6, 6.07) is 6.71. The first-order valence-electron chi connectivity index (χ1n) is 6.87. The highest BCUT2D eigenvalue weighted by Gasteiger charge is 2.31. The molecule has 2 rings (SSSR count). The van der Waals surface area contributed by atoms with Crippen LogP contribution < -0.4 is 0 Å². The number of thioether (sulfide) groups is 1. The standard InChI is InChI=1S/C15H20FNOS/c1-2-3-4-9-15-17(14(18)11-19-15)10-12-7-5-6-8-13(12)16/h5-8,15H,2-4,9-11H2,1H3. The van der Waals surface area contributed by atoms with Crippen molar-refractivity contribution in [2.24, 2.45) is 0 Å². The molecule has 0 N–H and O–H groups in total. The predicted molar refractivity (Wildman–Crippen MR) is 77.3 cm³/mol. The Morgan fingerprint density at radius 3 is 2.89 bits per heavy atom. The molecule has 0 aliphatic carbocycles. The van der Waals surface area contributed by atoms with Gasteiger partial charge in [0.2, 0.25) is 5.91 Å². The van der Waals surface area contributed by atoms with Crippen LogP contribution in [-0.2, 0) is 11.3 Å². The third kappa shape index (κ3) is 3.72. The summed E-state index contributed by atoms with van der Waals surface area (Å²) in [6.45, 7) is 2.57. The molecule has 1 aromatic rings. The number of carbonyl (C=O) groups is 1. The lowest BCUT2D eigenvalue weighted by molar-refractivity contribution is -0.128. The highest BCUT2D eigenvalue weighted by Crippen LogP contribution is 2.30. The molecular weight excluding hydrogens is 261 g/mol. The molecule has 1 unspecified atom stereocenters. The Morgan fingerprint density at radius 2 is 2.16 bits per heavy atom. The van der Waals surface area contributed by atoms with E-state index in [1.54, 1.807) is 23.9 Å². The zero-order chi connectivity index (χ0) is 13.7. The maximum Gasteiger partial charge on any atom is 0.233 e. The lowest BCUT2D eigenvalue weighted by Crippen LogP contribution is -2.32. The molecule has 0 saturated carbocycles. The van der Waals surface area contributed by atoms with Crippen molar-refractivity contribution in [2.45, 2.75) is 44.5 Å². The molecule has 1 aromatic carbocycles. The minimum atomic E-state index is -0.223. The second-order valence-electron chi connectivity index (χ2n) is 4.87. The number of unbranched alkanes of at least 4 members (excludes halogenated alkanes) is 2. The first kappa shape index (κ1) is 14.4. The molecule has 1 saturated heterocycles. The third-order valence-electron chi connectivity index (χ3n) is 3.42. The molecule has 0 bridgehead atoms. The fraction of sp³-hybridized carbons (Fsp3) is 0.533. The van der Waals surface area contributed by atoms with Crippen molar-refractivity contribution in [3.63, 3.8) is 0 Å². The second-order valence-corrected chi connectivity index (χ2v) is 6.04. The van der Waals surface area contributed by atoms with Gasteiger partial charge >= 0.3 is 0 Å². The number of hydrogen-bond acceptors (Lipinski definition) is 2. The van der Waals surface area contributed by atoms with Gasteiger partial charge in [-0.1, -0.05) is 44.4 Å². The number of rotatable bonds is 6. The van der Waals surface area contributed by atoms with Gasteiger partial charge in [-0.25, -0.2) is 4.39 Å². The molecule has 1 aliphatic heterocycles. The summed E-state index contributed by atoms with van der Waals surface area (Å²) < 4.78 is 13.7. The molecule has 0 aromatic heterocycles. The first-order valence-corrected chi connectivity index (χ1v) is 7.91. The summed E-state index contributed by atoms with van der Waals surface area (Å²) in [6.07, 6.45) is 4.52. The van der Waals surface area contributed by atoms with Crippen LogP contribution >= 0.6 is 11.8 Å². The topological polar surface area (TPSA) is 20.3 Å². The lowest BCUT2D eigenvalue weighted by Gasteiger charge is -2.24. The quantitative estimate of drug-likeness (QED) is 0.739. The van der Waals surface area contributed by atoms with Gasteiger partial charge in [-0.15, -0.1) is 11.8 Å². The molecule has 0 radical (unpaired) electrons. The van der Waals surface area contributed by atoms with Crippen molar-refractivity contribution < 1.29 is 9.18 Å². The van der Waals surface area contributed by atoms with Crippen molar-refractivity contribution in [2.75, 3.05) is 5.75 Å². The maximum absolute atomic E-state index is 13.7. The normalized spacial score (nSPS) is 19.2. The maximum atomic E-state index is 13.7. The fourth-order valence-corrected chi connectivity index (χ4v) is 3.52. The van der Waals surface area contributed by atoms with Crippen LogP contribution in [0.4, 0.5) is 4.39 Å². The molecule has 1 heterocycles. The summed E-state index contributed by atoms with van der Waals surface area (Å²) in [5.74, 6) is 0.444. The van der Waals surface area contributed by atoms with Crippen LogP contribution in [0, 0.1) is 5.82 Å². The van der Waals surface area contributed by atoms with Crippen LogP contribution in [-0.4, -0.2) is 21.9 Å². The largest absolute Gasteiger partial charge is 0.326 e. The fourth-order valence-electron chi connectivity index (χ4n) is 2.31. The van der Waals surface area contributed by atoms with E-state index in [9.17, 15) is 9.18 Å². The molecule has 104 valence electrons. The molecule has 1 fully saturated rings.